The second-order valence-corrected chi connectivity index (χ2v) is 7.21. The third-order valence-electron chi connectivity index (χ3n) is 5.48. The van der Waals surface area contributed by atoms with Gasteiger partial charge in [-0.25, -0.2) is 0 Å². The molecule has 24 heavy (non-hydrogen) atoms. The number of amides is 2. The first-order chi connectivity index (χ1) is 11.6. The van der Waals surface area contributed by atoms with E-state index in [9.17, 15) is 9.59 Å². The largest absolute Gasteiger partial charge is 0.356 e. The maximum absolute atomic E-state index is 12.4. The highest BCUT2D eigenvalue weighted by Crippen LogP contribution is 2.44. The van der Waals surface area contributed by atoms with Crippen LogP contribution in [0, 0.1) is 11.8 Å². The summed E-state index contributed by atoms with van der Waals surface area (Å²) in [6.45, 7) is 3.77. The third kappa shape index (κ3) is 4.37. The molecule has 2 fully saturated rings. The minimum Gasteiger partial charge on any atom is -0.356 e. The summed E-state index contributed by atoms with van der Waals surface area (Å²) >= 11 is 0. The molecule has 2 aliphatic rings. The van der Waals surface area contributed by atoms with Crippen molar-refractivity contribution in [2.24, 2.45) is 11.8 Å². The molecule has 3 rings (SSSR count). The SMILES string of the molecule is CC(=O)N1CCC(C(=O)NCCC(c2ccccc2)C2CC2)CC1. The molecular weight excluding hydrogens is 300 g/mol. The van der Waals surface area contributed by atoms with Gasteiger partial charge in [0.1, 0.15) is 0 Å². The van der Waals surface area contributed by atoms with Crippen LogP contribution in [-0.4, -0.2) is 36.3 Å². The summed E-state index contributed by atoms with van der Waals surface area (Å²) in [4.78, 5) is 25.6. The summed E-state index contributed by atoms with van der Waals surface area (Å²) in [6, 6.07) is 10.7. The summed E-state index contributed by atoms with van der Waals surface area (Å²) in [6.07, 6.45) is 5.23. The Balaban J connectivity index is 1.44. The number of piperidine rings is 1. The summed E-state index contributed by atoms with van der Waals surface area (Å²) in [5, 5.41) is 3.14. The van der Waals surface area contributed by atoms with Gasteiger partial charge in [-0.2, -0.15) is 0 Å². The van der Waals surface area contributed by atoms with E-state index in [-0.39, 0.29) is 17.7 Å². The van der Waals surface area contributed by atoms with Gasteiger partial charge in [-0.05, 0) is 49.5 Å². The van der Waals surface area contributed by atoms with Gasteiger partial charge in [0.15, 0.2) is 0 Å². The van der Waals surface area contributed by atoms with Gasteiger partial charge < -0.3 is 10.2 Å². The summed E-state index contributed by atoms with van der Waals surface area (Å²) in [5.41, 5.74) is 1.41. The molecule has 4 nitrogen and oxygen atoms in total. The highest BCUT2D eigenvalue weighted by atomic mass is 16.2. The van der Waals surface area contributed by atoms with E-state index in [1.165, 1.54) is 18.4 Å². The summed E-state index contributed by atoms with van der Waals surface area (Å²) < 4.78 is 0. The van der Waals surface area contributed by atoms with Crippen LogP contribution in [0.2, 0.25) is 0 Å². The van der Waals surface area contributed by atoms with Crippen molar-refractivity contribution in [1.29, 1.82) is 0 Å². The van der Waals surface area contributed by atoms with E-state index in [0.717, 1.165) is 31.7 Å². The maximum Gasteiger partial charge on any atom is 0.223 e. The van der Waals surface area contributed by atoms with Gasteiger partial charge in [-0.15, -0.1) is 0 Å². The zero-order valence-electron chi connectivity index (χ0n) is 14.5. The molecule has 1 heterocycles. The van der Waals surface area contributed by atoms with Gasteiger partial charge in [-0.1, -0.05) is 30.3 Å². The first kappa shape index (κ1) is 17.0. The fourth-order valence-electron chi connectivity index (χ4n) is 3.83. The minimum atomic E-state index is 0.0664. The molecule has 1 aliphatic carbocycles. The van der Waals surface area contributed by atoms with Crippen molar-refractivity contribution in [3.8, 4) is 0 Å². The van der Waals surface area contributed by atoms with Crippen molar-refractivity contribution in [2.75, 3.05) is 19.6 Å². The van der Waals surface area contributed by atoms with Crippen molar-refractivity contribution in [2.45, 2.75) is 44.9 Å². The Kier molecular flexibility index (Phi) is 5.54. The topological polar surface area (TPSA) is 49.4 Å². The molecule has 0 radical (unpaired) electrons. The number of carbonyl (C=O) groups excluding carboxylic acids is 2. The van der Waals surface area contributed by atoms with Gasteiger partial charge in [0, 0.05) is 32.5 Å². The number of nitrogens with one attached hydrogen (secondary N) is 1. The fourth-order valence-corrected chi connectivity index (χ4v) is 3.83. The van der Waals surface area contributed by atoms with Crippen LogP contribution < -0.4 is 5.32 Å². The molecule has 0 spiro atoms. The summed E-state index contributed by atoms with van der Waals surface area (Å²) in [5.74, 6) is 1.72. The van der Waals surface area contributed by atoms with E-state index in [0.29, 0.717) is 19.0 Å². The van der Waals surface area contributed by atoms with Crippen molar-refractivity contribution in [1.82, 2.24) is 10.2 Å². The highest BCUT2D eigenvalue weighted by molar-refractivity contribution is 5.79. The van der Waals surface area contributed by atoms with E-state index in [2.05, 4.69) is 35.6 Å². The van der Waals surface area contributed by atoms with Crippen molar-refractivity contribution in [3.05, 3.63) is 35.9 Å². The van der Waals surface area contributed by atoms with Crippen LogP contribution in [-0.2, 0) is 9.59 Å². The Morgan fingerprint density at radius 2 is 1.79 bits per heavy atom. The summed E-state index contributed by atoms with van der Waals surface area (Å²) in [7, 11) is 0. The van der Waals surface area contributed by atoms with E-state index in [4.69, 9.17) is 0 Å². The Hall–Kier alpha value is -1.84. The monoisotopic (exact) mass is 328 g/mol. The Labute approximate surface area is 144 Å². The molecule has 1 aliphatic heterocycles. The molecule has 1 aromatic carbocycles. The molecule has 130 valence electrons. The van der Waals surface area contributed by atoms with Crippen LogP contribution >= 0.6 is 0 Å². The number of rotatable bonds is 6. The standard InChI is InChI=1S/C20H28N2O2/c1-15(23)22-13-10-18(11-14-22)20(24)21-12-9-19(17-7-8-17)16-5-3-2-4-6-16/h2-6,17-19H,7-14H2,1H3,(H,21,24). The fraction of sp³-hybridized carbons (Fsp3) is 0.600. The highest BCUT2D eigenvalue weighted by Gasteiger charge is 2.32. The number of carbonyl (C=O) groups is 2. The molecule has 1 N–H and O–H groups in total. The van der Waals surface area contributed by atoms with E-state index in [1.807, 2.05) is 4.90 Å². The van der Waals surface area contributed by atoms with E-state index < -0.39 is 0 Å². The average Bonchev–Trinajstić information content (AvgIpc) is 3.44. The molecule has 0 aromatic heterocycles. The Morgan fingerprint density at radius 1 is 1.12 bits per heavy atom. The molecular formula is C20H28N2O2. The maximum atomic E-state index is 12.4. The lowest BCUT2D eigenvalue weighted by atomic mass is 9.91. The number of hydrogen-bond acceptors (Lipinski definition) is 2. The molecule has 0 bridgehead atoms. The van der Waals surface area contributed by atoms with Crippen molar-refractivity contribution < 1.29 is 9.59 Å². The lowest BCUT2D eigenvalue weighted by molar-refractivity contribution is -0.133. The molecule has 2 amide bonds. The number of hydrogen-bond donors (Lipinski definition) is 1. The van der Waals surface area contributed by atoms with Crippen molar-refractivity contribution in [3.63, 3.8) is 0 Å². The van der Waals surface area contributed by atoms with Crippen LogP contribution in [0.25, 0.3) is 0 Å². The van der Waals surface area contributed by atoms with Crippen molar-refractivity contribution >= 4 is 11.8 Å². The molecule has 1 saturated heterocycles. The molecule has 1 atom stereocenters. The number of benzene rings is 1. The lowest BCUT2D eigenvalue weighted by Crippen LogP contribution is -2.42. The van der Waals surface area contributed by atoms with Gasteiger partial charge in [0.05, 0.1) is 0 Å². The molecule has 4 heteroatoms. The van der Waals surface area contributed by atoms with Crippen LogP contribution in [0.15, 0.2) is 30.3 Å². The number of likely N-dealkylation sites (tertiary alicyclic amines) is 1. The molecule has 1 aromatic rings. The third-order valence-corrected chi connectivity index (χ3v) is 5.48. The zero-order valence-corrected chi connectivity index (χ0v) is 14.5. The predicted molar refractivity (Wildman–Crippen MR) is 94.5 cm³/mol. The Bertz CT molecular complexity index is 560. The average molecular weight is 328 g/mol. The van der Waals surface area contributed by atoms with E-state index >= 15 is 0 Å². The van der Waals surface area contributed by atoms with Crippen LogP contribution in [0.1, 0.15) is 50.5 Å². The first-order valence-corrected chi connectivity index (χ1v) is 9.23. The van der Waals surface area contributed by atoms with Gasteiger partial charge in [0.25, 0.3) is 0 Å². The smallest absolute Gasteiger partial charge is 0.223 e. The predicted octanol–water partition coefficient (Wildman–Crippen LogP) is 2.95. The Morgan fingerprint density at radius 3 is 2.38 bits per heavy atom. The second-order valence-electron chi connectivity index (χ2n) is 7.21. The van der Waals surface area contributed by atoms with Crippen LogP contribution in [0.5, 0.6) is 0 Å². The lowest BCUT2D eigenvalue weighted by Gasteiger charge is -2.30. The zero-order chi connectivity index (χ0) is 16.9. The van der Waals surface area contributed by atoms with Gasteiger partial charge >= 0.3 is 0 Å². The molecule has 1 unspecified atom stereocenters. The quantitative estimate of drug-likeness (QED) is 0.873. The number of nitrogens with zero attached hydrogens (tertiary/aromatic N) is 1. The van der Waals surface area contributed by atoms with E-state index in [1.54, 1.807) is 6.92 Å². The van der Waals surface area contributed by atoms with Crippen LogP contribution in [0.4, 0.5) is 0 Å². The normalized spacial score (nSPS) is 19.8. The van der Waals surface area contributed by atoms with Crippen LogP contribution in [0.3, 0.4) is 0 Å². The first-order valence-electron chi connectivity index (χ1n) is 9.23. The minimum absolute atomic E-state index is 0.0664. The van der Waals surface area contributed by atoms with Gasteiger partial charge in [-0.3, -0.25) is 9.59 Å². The second kappa shape index (κ2) is 7.82. The molecule has 1 saturated carbocycles. The van der Waals surface area contributed by atoms with Gasteiger partial charge in [0.2, 0.25) is 11.8 Å².